The smallest absolute Gasteiger partial charge is 0.249 e. The SMILES string of the molecule is CCCCCC/C=C\CCCCCCCCC(O)C(=O)NC(COC1OC(CO)C(O)C(O)C1O)C(O)C(O)CCC/C=C/CC/C=C/CC/C=C/CCCCCCC. The van der Waals surface area contributed by atoms with Gasteiger partial charge in [0.2, 0.25) is 5.91 Å². The van der Waals surface area contributed by atoms with Gasteiger partial charge in [-0.2, -0.15) is 0 Å². The second-order valence-corrected chi connectivity index (χ2v) is 16.4. The Kier molecular flexibility index (Phi) is 35.3. The predicted octanol–water partition coefficient (Wildman–Crippen LogP) is 7.78. The van der Waals surface area contributed by atoms with E-state index in [4.69, 9.17) is 9.47 Å². The summed E-state index contributed by atoms with van der Waals surface area (Å²) in [6.45, 7) is 3.37. The fourth-order valence-corrected chi connectivity index (χ4v) is 7.11. The Morgan fingerprint density at radius 2 is 1.02 bits per heavy atom. The van der Waals surface area contributed by atoms with Crippen LogP contribution in [0.4, 0.5) is 0 Å². The Bertz CT molecular complexity index is 1100. The van der Waals surface area contributed by atoms with Crippen molar-refractivity contribution in [3.63, 3.8) is 0 Å². The maximum absolute atomic E-state index is 13.1. The van der Waals surface area contributed by atoms with Gasteiger partial charge in [0.15, 0.2) is 6.29 Å². The lowest BCUT2D eigenvalue weighted by atomic mass is 9.98. The van der Waals surface area contributed by atoms with Gasteiger partial charge in [0.25, 0.3) is 0 Å². The number of allylic oxidation sites excluding steroid dienone is 8. The lowest BCUT2D eigenvalue weighted by Gasteiger charge is -2.40. The Balaban J connectivity index is 2.50. The van der Waals surface area contributed by atoms with Gasteiger partial charge in [-0.15, -0.1) is 0 Å². The van der Waals surface area contributed by atoms with Crippen LogP contribution in [0.15, 0.2) is 48.6 Å². The van der Waals surface area contributed by atoms with E-state index in [2.05, 4.69) is 67.8 Å². The van der Waals surface area contributed by atoms with E-state index in [0.29, 0.717) is 19.3 Å². The minimum absolute atomic E-state index is 0.238. The molecule has 1 fully saturated rings. The van der Waals surface area contributed by atoms with E-state index in [1.807, 2.05) is 0 Å². The maximum atomic E-state index is 13.1. The van der Waals surface area contributed by atoms with Gasteiger partial charge >= 0.3 is 0 Å². The van der Waals surface area contributed by atoms with Gasteiger partial charge in [0.1, 0.15) is 36.6 Å². The summed E-state index contributed by atoms with van der Waals surface area (Å²) in [6.07, 6.45) is 33.0. The van der Waals surface area contributed by atoms with Crippen molar-refractivity contribution in [1.82, 2.24) is 5.32 Å². The molecule has 1 aliphatic rings. The highest BCUT2D eigenvalue weighted by Crippen LogP contribution is 2.23. The summed E-state index contributed by atoms with van der Waals surface area (Å²) in [6, 6.07) is -1.20. The molecule has 0 bridgehead atoms. The number of unbranched alkanes of at least 4 members (excludes halogenated alkanes) is 18. The summed E-state index contributed by atoms with van der Waals surface area (Å²) >= 11 is 0. The molecule has 1 rings (SSSR count). The first-order valence-electron chi connectivity index (χ1n) is 23.5. The molecule has 0 aromatic carbocycles. The first-order chi connectivity index (χ1) is 28.7. The lowest BCUT2D eigenvalue weighted by molar-refractivity contribution is -0.303. The molecule has 1 heterocycles. The van der Waals surface area contributed by atoms with Crippen molar-refractivity contribution in [1.29, 1.82) is 0 Å². The Labute approximate surface area is 358 Å². The second-order valence-electron chi connectivity index (χ2n) is 16.4. The summed E-state index contributed by atoms with van der Waals surface area (Å²) < 4.78 is 11.1. The molecule has 0 aromatic rings. The van der Waals surface area contributed by atoms with Crippen LogP contribution in [0.2, 0.25) is 0 Å². The van der Waals surface area contributed by atoms with E-state index in [1.54, 1.807) is 0 Å². The molecular formula is C48H87NO10. The number of aliphatic hydroxyl groups is 7. The van der Waals surface area contributed by atoms with Crippen LogP contribution in [-0.4, -0.2) is 110 Å². The van der Waals surface area contributed by atoms with E-state index in [9.17, 15) is 40.5 Å². The molecule has 1 aliphatic heterocycles. The molecule has 8 N–H and O–H groups in total. The summed E-state index contributed by atoms with van der Waals surface area (Å²) in [5.41, 5.74) is 0. The van der Waals surface area contributed by atoms with E-state index >= 15 is 0 Å². The molecule has 11 heteroatoms. The quantitative estimate of drug-likeness (QED) is 0.0225. The standard InChI is InChI=1S/C48H87NO10/c1-3-5-7-9-11-13-15-17-19-20-21-22-24-25-27-29-31-33-35-40(51)43(53)39(38-58-48-46(56)45(55)44(54)42(37-50)59-48)49-47(57)41(52)36-34-32-30-28-26-23-18-16-14-12-10-8-6-4-2/h14-17,21-22,27,29,39-46,48,50-56H,3-13,18-20,23-26,28,30-38H2,1-2H3,(H,49,57)/b16-14-,17-15+,22-21+,29-27+. The highest BCUT2D eigenvalue weighted by atomic mass is 16.7. The highest BCUT2D eigenvalue weighted by Gasteiger charge is 2.44. The minimum atomic E-state index is -1.67. The number of hydrogen-bond acceptors (Lipinski definition) is 10. The Morgan fingerprint density at radius 1 is 0.576 bits per heavy atom. The molecular weight excluding hydrogens is 751 g/mol. The van der Waals surface area contributed by atoms with Crippen molar-refractivity contribution in [2.24, 2.45) is 0 Å². The predicted molar refractivity (Wildman–Crippen MR) is 238 cm³/mol. The molecule has 9 unspecified atom stereocenters. The molecule has 9 atom stereocenters. The number of ether oxygens (including phenoxy) is 2. The summed E-state index contributed by atoms with van der Waals surface area (Å²) in [7, 11) is 0. The van der Waals surface area contributed by atoms with Crippen molar-refractivity contribution in [3.05, 3.63) is 48.6 Å². The fourth-order valence-electron chi connectivity index (χ4n) is 7.11. The molecule has 0 aromatic heterocycles. The monoisotopic (exact) mass is 838 g/mol. The normalized spacial score (nSPS) is 22.2. The number of amides is 1. The van der Waals surface area contributed by atoms with Gasteiger partial charge in [0.05, 0.1) is 25.4 Å². The summed E-state index contributed by atoms with van der Waals surface area (Å²) in [5.74, 6) is -0.721. The minimum Gasteiger partial charge on any atom is -0.394 e. The molecule has 0 radical (unpaired) electrons. The van der Waals surface area contributed by atoms with Gasteiger partial charge in [-0.3, -0.25) is 4.79 Å². The van der Waals surface area contributed by atoms with Crippen LogP contribution in [0.1, 0.15) is 181 Å². The van der Waals surface area contributed by atoms with Gasteiger partial charge in [0, 0.05) is 0 Å². The molecule has 0 saturated carbocycles. The number of rotatable bonds is 38. The highest BCUT2D eigenvalue weighted by molar-refractivity contribution is 5.80. The van der Waals surface area contributed by atoms with Crippen molar-refractivity contribution in [3.8, 4) is 0 Å². The number of nitrogens with one attached hydrogen (secondary N) is 1. The van der Waals surface area contributed by atoms with E-state index in [1.165, 1.54) is 64.2 Å². The average molecular weight is 838 g/mol. The number of carbonyl (C=O) groups is 1. The zero-order valence-electron chi connectivity index (χ0n) is 37.0. The molecule has 0 aliphatic carbocycles. The first kappa shape index (κ1) is 55.1. The lowest BCUT2D eigenvalue weighted by Crippen LogP contribution is -2.60. The second kappa shape index (κ2) is 37.8. The molecule has 11 nitrogen and oxygen atoms in total. The zero-order chi connectivity index (χ0) is 43.4. The molecule has 1 amide bonds. The first-order valence-corrected chi connectivity index (χ1v) is 23.5. The largest absolute Gasteiger partial charge is 0.394 e. The van der Waals surface area contributed by atoms with E-state index < -0.39 is 74.2 Å². The van der Waals surface area contributed by atoms with Crippen LogP contribution in [0, 0.1) is 0 Å². The summed E-state index contributed by atoms with van der Waals surface area (Å²) in [5, 5.41) is 75.6. The third kappa shape index (κ3) is 27.6. The van der Waals surface area contributed by atoms with Gasteiger partial charge in [-0.1, -0.05) is 140 Å². The van der Waals surface area contributed by atoms with Crippen LogP contribution < -0.4 is 5.32 Å². The number of aliphatic hydroxyl groups excluding tert-OH is 7. The van der Waals surface area contributed by atoms with Gasteiger partial charge in [-0.25, -0.2) is 0 Å². The molecule has 344 valence electrons. The van der Waals surface area contributed by atoms with Crippen LogP contribution in [0.5, 0.6) is 0 Å². The average Bonchev–Trinajstić information content (AvgIpc) is 3.23. The Hall–Kier alpha value is -1.93. The Morgan fingerprint density at radius 3 is 1.53 bits per heavy atom. The van der Waals surface area contributed by atoms with Gasteiger partial charge < -0.3 is 50.5 Å². The third-order valence-electron chi connectivity index (χ3n) is 11.1. The van der Waals surface area contributed by atoms with Crippen molar-refractivity contribution in [2.45, 2.75) is 236 Å². The third-order valence-corrected chi connectivity index (χ3v) is 11.1. The van der Waals surface area contributed by atoms with Crippen LogP contribution in [0.25, 0.3) is 0 Å². The van der Waals surface area contributed by atoms with Gasteiger partial charge in [-0.05, 0) is 89.9 Å². The zero-order valence-corrected chi connectivity index (χ0v) is 37.0. The topological polar surface area (TPSA) is 189 Å². The van der Waals surface area contributed by atoms with Crippen molar-refractivity contribution < 1.29 is 50.0 Å². The fraction of sp³-hybridized carbons (Fsp3) is 0.812. The maximum Gasteiger partial charge on any atom is 0.249 e. The number of hydrogen-bond donors (Lipinski definition) is 8. The van der Waals surface area contributed by atoms with E-state index in [0.717, 1.165) is 70.6 Å². The number of carbonyl (C=O) groups excluding carboxylic acids is 1. The van der Waals surface area contributed by atoms with Crippen LogP contribution >= 0.6 is 0 Å². The van der Waals surface area contributed by atoms with Crippen LogP contribution in [0.3, 0.4) is 0 Å². The van der Waals surface area contributed by atoms with E-state index in [-0.39, 0.29) is 12.8 Å². The molecule has 1 saturated heterocycles. The molecule has 59 heavy (non-hydrogen) atoms. The van der Waals surface area contributed by atoms with Crippen molar-refractivity contribution >= 4 is 5.91 Å². The molecule has 0 spiro atoms. The van der Waals surface area contributed by atoms with Crippen molar-refractivity contribution in [2.75, 3.05) is 13.2 Å². The van der Waals surface area contributed by atoms with Crippen LogP contribution in [-0.2, 0) is 14.3 Å². The summed E-state index contributed by atoms with van der Waals surface area (Å²) in [4.78, 5) is 13.1.